The molecular formula is C15H21N3O3. The van der Waals surface area contributed by atoms with Crippen LogP contribution in [0, 0.1) is 6.92 Å². The van der Waals surface area contributed by atoms with Gasteiger partial charge in [-0.1, -0.05) is 6.07 Å². The van der Waals surface area contributed by atoms with Crippen LogP contribution in [-0.2, 0) is 11.3 Å². The van der Waals surface area contributed by atoms with Gasteiger partial charge in [0.25, 0.3) is 5.56 Å². The van der Waals surface area contributed by atoms with Crippen molar-refractivity contribution in [2.45, 2.75) is 13.5 Å². The first-order valence-corrected chi connectivity index (χ1v) is 6.95. The SMILES string of the molecule is COCCN(CCO)Cc1cc(=O)n2cc(C)ccc2n1. The Hall–Kier alpha value is -1.76. The molecule has 0 saturated carbocycles. The predicted octanol–water partition coefficient (Wildman–Crippen LogP) is 0.444. The van der Waals surface area contributed by atoms with E-state index in [2.05, 4.69) is 4.98 Å². The van der Waals surface area contributed by atoms with Gasteiger partial charge >= 0.3 is 0 Å². The molecule has 0 aliphatic heterocycles. The summed E-state index contributed by atoms with van der Waals surface area (Å²) in [5.41, 5.74) is 2.27. The number of pyridine rings is 1. The number of aryl methyl sites for hydroxylation is 1. The number of rotatable bonds is 7. The molecule has 0 atom stereocenters. The molecule has 0 bridgehead atoms. The minimum Gasteiger partial charge on any atom is -0.395 e. The van der Waals surface area contributed by atoms with Crippen molar-refractivity contribution in [1.29, 1.82) is 0 Å². The summed E-state index contributed by atoms with van der Waals surface area (Å²) in [7, 11) is 1.64. The van der Waals surface area contributed by atoms with Crippen LogP contribution in [0.15, 0.2) is 29.2 Å². The topological polar surface area (TPSA) is 67.1 Å². The Bertz CT molecular complexity index is 654. The first kappa shape index (κ1) is 15.6. The van der Waals surface area contributed by atoms with Crippen LogP contribution in [0.5, 0.6) is 0 Å². The monoisotopic (exact) mass is 291 g/mol. The van der Waals surface area contributed by atoms with Crippen molar-refractivity contribution in [3.8, 4) is 0 Å². The second-order valence-electron chi connectivity index (χ2n) is 5.01. The van der Waals surface area contributed by atoms with Crippen molar-refractivity contribution in [1.82, 2.24) is 14.3 Å². The lowest BCUT2D eigenvalue weighted by atomic mass is 10.3. The predicted molar refractivity (Wildman–Crippen MR) is 80.4 cm³/mol. The van der Waals surface area contributed by atoms with Crippen molar-refractivity contribution in [3.63, 3.8) is 0 Å². The Kier molecular flexibility index (Phi) is 5.44. The number of aliphatic hydroxyl groups is 1. The number of nitrogens with zero attached hydrogens (tertiary/aromatic N) is 3. The van der Waals surface area contributed by atoms with Gasteiger partial charge < -0.3 is 9.84 Å². The van der Waals surface area contributed by atoms with Gasteiger partial charge in [-0.05, 0) is 18.6 Å². The number of ether oxygens (including phenoxy) is 1. The van der Waals surface area contributed by atoms with Crippen LogP contribution in [0.25, 0.3) is 5.65 Å². The van der Waals surface area contributed by atoms with Crippen molar-refractivity contribution < 1.29 is 9.84 Å². The number of hydrogen-bond acceptors (Lipinski definition) is 5. The average Bonchev–Trinajstić information content (AvgIpc) is 2.46. The summed E-state index contributed by atoms with van der Waals surface area (Å²) in [6, 6.07) is 5.32. The van der Waals surface area contributed by atoms with E-state index in [1.165, 1.54) is 0 Å². The molecule has 0 spiro atoms. The van der Waals surface area contributed by atoms with Gasteiger partial charge in [-0.15, -0.1) is 0 Å². The zero-order chi connectivity index (χ0) is 15.2. The summed E-state index contributed by atoms with van der Waals surface area (Å²) in [4.78, 5) is 18.7. The average molecular weight is 291 g/mol. The second kappa shape index (κ2) is 7.31. The zero-order valence-corrected chi connectivity index (χ0v) is 12.5. The van der Waals surface area contributed by atoms with E-state index < -0.39 is 0 Å². The molecule has 0 radical (unpaired) electrons. The Morgan fingerprint density at radius 3 is 2.90 bits per heavy atom. The number of hydrogen-bond donors (Lipinski definition) is 1. The molecule has 114 valence electrons. The summed E-state index contributed by atoms with van der Waals surface area (Å²) < 4.78 is 6.60. The van der Waals surface area contributed by atoms with Crippen LogP contribution in [0.1, 0.15) is 11.3 Å². The molecule has 0 saturated heterocycles. The molecule has 21 heavy (non-hydrogen) atoms. The van der Waals surface area contributed by atoms with Crippen LogP contribution >= 0.6 is 0 Å². The third-order valence-corrected chi connectivity index (χ3v) is 3.27. The van der Waals surface area contributed by atoms with Crippen LogP contribution in [-0.4, -0.2) is 52.8 Å². The minimum absolute atomic E-state index is 0.0650. The minimum atomic E-state index is -0.0885. The largest absolute Gasteiger partial charge is 0.395 e. The number of aromatic nitrogens is 2. The van der Waals surface area contributed by atoms with Crippen LogP contribution in [0.3, 0.4) is 0 Å². The summed E-state index contributed by atoms with van der Waals surface area (Å²) in [6.07, 6.45) is 1.78. The van der Waals surface area contributed by atoms with E-state index in [9.17, 15) is 4.79 Å². The highest BCUT2D eigenvalue weighted by Gasteiger charge is 2.08. The third kappa shape index (κ3) is 4.10. The molecule has 1 N–H and O–H groups in total. The molecule has 6 heteroatoms. The molecule has 0 aromatic carbocycles. The van der Waals surface area contributed by atoms with Crippen LogP contribution < -0.4 is 5.56 Å². The molecule has 0 aliphatic rings. The first-order chi connectivity index (χ1) is 10.1. The quantitative estimate of drug-likeness (QED) is 0.802. The summed E-state index contributed by atoms with van der Waals surface area (Å²) in [5, 5.41) is 9.10. The molecule has 0 unspecified atom stereocenters. The fourth-order valence-corrected chi connectivity index (χ4v) is 2.20. The normalized spacial score (nSPS) is 11.4. The zero-order valence-electron chi connectivity index (χ0n) is 12.5. The molecule has 6 nitrogen and oxygen atoms in total. The van der Waals surface area contributed by atoms with E-state index in [1.807, 2.05) is 24.0 Å². The molecule has 0 fully saturated rings. The Labute approximate surface area is 123 Å². The Balaban J connectivity index is 2.25. The molecular weight excluding hydrogens is 270 g/mol. The highest BCUT2D eigenvalue weighted by Crippen LogP contribution is 2.05. The van der Waals surface area contributed by atoms with Gasteiger partial charge in [-0.2, -0.15) is 0 Å². The van der Waals surface area contributed by atoms with Gasteiger partial charge in [0.05, 0.1) is 18.9 Å². The Morgan fingerprint density at radius 1 is 1.38 bits per heavy atom. The van der Waals surface area contributed by atoms with Crippen LogP contribution in [0.4, 0.5) is 0 Å². The maximum absolute atomic E-state index is 12.1. The molecule has 0 amide bonds. The van der Waals surface area contributed by atoms with Gasteiger partial charge in [-0.25, -0.2) is 4.98 Å². The van der Waals surface area contributed by atoms with Gasteiger partial charge in [-0.3, -0.25) is 14.1 Å². The number of fused-ring (bicyclic) bond motifs is 1. The van der Waals surface area contributed by atoms with Crippen molar-refractivity contribution in [2.75, 3.05) is 33.4 Å². The lowest BCUT2D eigenvalue weighted by molar-refractivity contribution is 0.126. The van der Waals surface area contributed by atoms with Gasteiger partial charge in [0.1, 0.15) is 5.65 Å². The van der Waals surface area contributed by atoms with E-state index in [0.717, 1.165) is 5.56 Å². The van der Waals surface area contributed by atoms with Crippen molar-refractivity contribution in [2.24, 2.45) is 0 Å². The highest BCUT2D eigenvalue weighted by molar-refractivity contribution is 5.39. The molecule has 2 aromatic heterocycles. The van der Waals surface area contributed by atoms with Gasteiger partial charge in [0, 0.05) is 39.0 Å². The number of aliphatic hydroxyl groups excluding tert-OH is 1. The van der Waals surface area contributed by atoms with Gasteiger partial charge in [0.15, 0.2) is 0 Å². The summed E-state index contributed by atoms with van der Waals surface area (Å²) in [5.74, 6) is 0. The molecule has 2 heterocycles. The molecule has 2 rings (SSSR count). The highest BCUT2D eigenvalue weighted by atomic mass is 16.5. The van der Waals surface area contributed by atoms with E-state index in [1.54, 1.807) is 23.8 Å². The standard InChI is InChI=1S/C15H21N3O3/c1-12-3-4-14-16-13(9-15(20)18(14)10-12)11-17(5-7-19)6-8-21-2/h3-4,9-10,19H,5-8,11H2,1-2H3. The molecule has 0 aliphatic carbocycles. The Morgan fingerprint density at radius 2 is 2.19 bits per heavy atom. The lowest BCUT2D eigenvalue weighted by Crippen LogP contribution is -2.31. The van der Waals surface area contributed by atoms with E-state index >= 15 is 0 Å². The van der Waals surface area contributed by atoms with E-state index in [-0.39, 0.29) is 12.2 Å². The lowest BCUT2D eigenvalue weighted by Gasteiger charge is -2.20. The fraction of sp³-hybridized carbons (Fsp3) is 0.467. The second-order valence-corrected chi connectivity index (χ2v) is 5.01. The van der Waals surface area contributed by atoms with Crippen molar-refractivity contribution in [3.05, 3.63) is 46.0 Å². The maximum atomic E-state index is 12.1. The van der Waals surface area contributed by atoms with Gasteiger partial charge in [0.2, 0.25) is 0 Å². The fourth-order valence-electron chi connectivity index (χ4n) is 2.20. The summed E-state index contributed by atoms with van der Waals surface area (Å²) >= 11 is 0. The van der Waals surface area contributed by atoms with E-state index in [0.29, 0.717) is 37.6 Å². The summed E-state index contributed by atoms with van der Waals surface area (Å²) in [6.45, 7) is 4.31. The smallest absolute Gasteiger partial charge is 0.258 e. The third-order valence-electron chi connectivity index (χ3n) is 3.27. The maximum Gasteiger partial charge on any atom is 0.258 e. The first-order valence-electron chi connectivity index (χ1n) is 6.95. The van der Waals surface area contributed by atoms with E-state index in [4.69, 9.17) is 9.84 Å². The molecule has 2 aromatic rings. The van der Waals surface area contributed by atoms with Crippen molar-refractivity contribution >= 4 is 5.65 Å². The van der Waals surface area contributed by atoms with Crippen LogP contribution in [0.2, 0.25) is 0 Å². The number of methoxy groups -OCH3 is 1.